The van der Waals surface area contributed by atoms with Gasteiger partial charge in [0.2, 0.25) is 0 Å². The molecular formula is C14H25NO3. The van der Waals surface area contributed by atoms with Gasteiger partial charge in [-0.05, 0) is 31.6 Å². The maximum absolute atomic E-state index is 11.2. The van der Waals surface area contributed by atoms with Crippen molar-refractivity contribution in [3.63, 3.8) is 0 Å². The average molecular weight is 255 g/mol. The first-order chi connectivity index (χ1) is 8.78. The Morgan fingerprint density at radius 3 is 2.67 bits per heavy atom. The normalized spacial score (nSPS) is 24.2. The first-order valence-corrected chi connectivity index (χ1v) is 7.18. The molecule has 2 rings (SSSR count). The standard InChI is InChI=1S/C14H25NO3/c1-17-14(16)7-8-15(10-12-4-2-5-12)11-13-6-3-9-18-13/h12-13H,2-11H2,1H3. The van der Waals surface area contributed by atoms with Crippen LogP contribution >= 0.6 is 0 Å². The summed E-state index contributed by atoms with van der Waals surface area (Å²) in [6.07, 6.45) is 7.28. The van der Waals surface area contributed by atoms with Crippen LogP contribution in [0.4, 0.5) is 0 Å². The number of carbonyl (C=O) groups is 1. The van der Waals surface area contributed by atoms with Gasteiger partial charge in [0.25, 0.3) is 0 Å². The fraction of sp³-hybridized carbons (Fsp3) is 0.929. The second kappa shape index (κ2) is 7.10. The van der Waals surface area contributed by atoms with Crippen LogP contribution in [0.25, 0.3) is 0 Å². The van der Waals surface area contributed by atoms with E-state index in [1.54, 1.807) is 0 Å². The number of hydrogen-bond donors (Lipinski definition) is 0. The maximum atomic E-state index is 11.2. The van der Waals surface area contributed by atoms with E-state index in [9.17, 15) is 4.79 Å². The van der Waals surface area contributed by atoms with E-state index in [2.05, 4.69) is 4.90 Å². The summed E-state index contributed by atoms with van der Waals surface area (Å²) in [5.74, 6) is 0.727. The van der Waals surface area contributed by atoms with Crippen molar-refractivity contribution in [1.29, 1.82) is 0 Å². The molecule has 4 heteroatoms. The zero-order chi connectivity index (χ0) is 12.8. The number of ether oxygens (including phenoxy) is 2. The van der Waals surface area contributed by atoms with Crippen LogP contribution in [0.15, 0.2) is 0 Å². The molecule has 0 radical (unpaired) electrons. The van der Waals surface area contributed by atoms with Gasteiger partial charge in [-0.25, -0.2) is 0 Å². The molecule has 1 aliphatic heterocycles. The molecule has 0 spiro atoms. The van der Waals surface area contributed by atoms with Gasteiger partial charge in [0.1, 0.15) is 0 Å². The summed E-state index contributed by atoms with van der Waals surface area (Å²) < 4.78 is 10.4. The number of nitrogens with zero attached hydrogens (tertiary/aromatic N) is 1. The van der Waals surface area contributed by atoms with Crippen LogP contribution in [0.5, 0.6) is 0 Å². The number of carbonyl (C=O) groups excluding carboxylic acids is 1. The topological polar surface area (TPSA) is 38.8 Å². The molecule has 0 aromatic rings. The lowest BCUT2D eigenvalue weighted by atomic mass is 9.85. The molecule has 1 saturated carbocycles. The Kier molecular flexibility index (Phi) is 5.45. The molecule has 0 amide bonds. The van der Waals surface area contributed by atoms with Gasteiger partial charge in [-0.15, -0.1) is 0 Å². The van der Waals surface area contributed by atoms with Crippen molar-refractivity contribution < 1.29 is 14.3 Å². The van der Waals surface area contributed by atoms with Crippen LogP contribution in [-0.2, 0) is 14.3 Å². The maximum Gasteiger partial charge on any atom is 0.306 e. The fourth-order valence-electron chi connectivity index (χ4n) is 2.73. The van der Waals surface area contributed by atoms with Crippen molar-refractivity contribution in [1.82, 2.24) is 4.90 Å². The lowest BCUT2D eigenvalue weighted by Gasteiger charge is -2.33. The highest BCUT2D eigenvalue weighted by molar-refractivity contribution is 5.69. The molecule has 0 aromatic carbocycles. The fourth-order valence-corrected chi connectivity index (χ4v) is 2.73. The summed E-state index contributed by atoms with van der Waals surface area (Å²) in [5, 5.41) is 0. The van der Waals surface area contributed by atoms with Gasteiger partial charge < -0.3 is 9.47 Å². The molecule has 0 aromatic heterocycles. The third kappa shape index (κ3) is 4.25. The zero-order valence-electron chi connectivity index (χ0n) is 11.4. The lowest BCUT2D eigenvalue weighted by Crippen LogP contribution is -2.39. The molecule has 2 fully saturated rings. The third-order valence-corrected chi connectivity index (χ3v) is 4.09. The molecule has 104 valence electrons. The third-order valence-electron chi connectivity index (χ3n) is 4.09. The van der Waals surface area contributed by atoms with E-state index in [0.29, 0.717) is 12.5 Å². The Bertz CT molecular complexity index is 260. The molecule has 1 atom stereocenters. The van der Waals surface area contributed by atoms with Gasteiger partial charge in [-0.2, -0.15) is 0 Å². The minimum Gasteiger partial charge on any atom is -0.469 e. The van der Waals surface area contributed by atoms with Gasteiger partial charge >= 0.3 is 5.97 Å². The number of rotatable bonds is 7. The van der Waals surface area contributed by atoms with Gasteiger partial charge in [0.15, 0.2) is 0 Å². The summed E-state index contributed by atoms with van der Waals surface area (Å²) in [6.45, 7) is 3.81. The minimum atomic E-state index is -0.110. The van der Waals surface area contributed by atoms with E-state index in [0.717, 1.165) is 32.2 Å². The van der Waals surface area contributed by atoms with Gasteiger partial charge in [0.05, 0.1) is 19.6 Å². The highest BCUT2D eigenvalue weighted by atomic mass is 16.5. The van der Waals surface area contributed by atoms with Crippen molar-refractivity contribution >= 4 is 5.97 Å². The van der Waals surface area contributed by atoms with Crippen molar-refractivity contribution in [2.24, 2.45) is 5.92 Å². The number of esters is 1. The van der Waals surface area contributed by atoms with E-state index < -0.39 is 0 Å². The van der Waals surface area contributed by atoms with E-state index in [-0.39, 0.29) is 5.97 Å². The zero-order valence-corrected chi connectivity index (χ0v) is 11.4. The molecule has 4 nitrogen and oxygen atoms in total. The smallest absolute Gasteiger partial charge is 0.306 e. The van der Waals surface area contributed by atoms with Crippen molar-refractivity contribution in [2.75, 3.05) is 33.4 Å². The first-order valence-electron chi connectivity index (χ1n) is 7.18. The van der Waals surface area contributed by atoms with Crippen LogP contribution in [0, 0.1) is 5.92 Å². The largest absolute Gasteiger partial charge is 0.469 e. The molecule has 1 saturated heterocycles. The highest BCUT2D eigenvalue weighted by Gasteiger charge is 2.24. The van der Waals surface area contributed by atoms with Crippen LogP contribution in [-0.4, -0.2) is 50.3 Å². The molecule has 0 bridgehead atoms. The Morgan fingerprint density at radius 2 is 2.11 bits per heavy atom. The highest BCUT2D eigenvalue weighted by Crippen LogP contribution is 2.27. The number of methoxy groups -OCH3 is 1. The molecule has 1 heterocycles. The predicted octanol–water partition coefficient (Wildman–Crippen LogP) is 1.83. The van der Waals surface area contributed by atoms with Crippen LogP contribution in [0.3, 0.4) is 0 Å². The Labute approximate surface area is 110 Å². The molecule has 2 aliphatic rings. The summed E-state index contributed by atoms with van der Waals surface area (Å²) >= 11 is 0. The summed E-state index contributed by atoms with van der Waals surface area (Å²) in [7, 11) is 1.46. The quantitative estimate of drug-likeness (QED) is 0.651. The second-order valence-corrected chi connectivity index (χ2v) is 5.52. The van der Waals surface area contributed by atoms with Gasteiger partial charge in [-0.1, -0.05) is 6.42 Å². The van der Waals surface area contributed by atoms with E-state index >= 15 is 0 Å². The summed E-state index contributed by atoms with van der Waals surface area (Å²) in [4.78, 5) is 13.6. The van der Waals surface area contributed by atoms with Crippen molar-refractivity contribution in [3.8, 4) is 0 Å². The Balaban J connectivity index is 1.74. The van der Waals surface area contributed by atoms with E-state index in [1.807, 2.05) is 0 Å². The molecule has 1 aliphatic carbocycles. The monoisotopic (exact) mass is 255 g/mol. The summed E-state index contributed by atoms with van der Waals surface area (Å²) in [6, 6.07) is 0. The predicted molar refractivity (Wildman–Crippen MR) is 69.4 cm³/mol. The van der Waals surface area contributed by atoms with Gasteiger partial charge in [-0.3, -0.25) is 9.69 Å². The van der Waals surface area contributed by atoms with E-state index in [4.69, 9.17) is 9.47 Å². The van der Waals surface area contributed by atoms with E-state index in [1.165, 1.54) is 39.2 Å². The summed E-state index contributed by atoms with van der Waals surface area (Å²) in [5.41, 5.74) is 0. The van der Waals surface area contributed by atoms with Crippen LogP contribution < -0.4 is 0 Å². The first kappa shape index (κ1) is 13.8. The average Bonchev–Trinajstić information content (AvgIpc) is 2.82. The molecule has 0 N–H and O–H groups in total. The minimum absolute atomic E-state index is 0.110. The number of hydrogen-bond acceptors (Lipinski definition) is 4. The van der Waals surface area contributed by atoms with Crippen molar-refractivity contribution in [2.45, 2.75) is 44.6 Å². The van der Waals surface area contributed by atoms with Crippen molar-refractivity contribution in [3.05, 3.63) is 0 Å². The Morgan fingerprint density at radius 1 is 1.28 bits per heavy atom. The molecular weight excluding hydrogens is 230 g/mol. The molecule has 1 unspecified atom stereocenters. The molecule has 18 heavy (non-hydrogen) atoms. The Hall–Kier alpha value is -0.610. The van der Waals surface area contributed by atoms with Gasteiger partial charge in [0, 0.05) is 26.2 Å². The SMILES string of the molecule is COC(=O)CCN(CC1CCC1)CC1CCCO1. The van der Waals surface area contributed by atoms with Crippen LogP contribution in [0.2, 0.25) is 0 Å². The second-order valence-electron chi connectivity index (χ2n) is 5.52. The lowest BCUT2D eigenvalue weighted by molar-refractivity contribution is -0.141. The van der Waals surface area contributed by atoms with Crippen LogP contribution in [0.1, 0.15) is 38.5 Å².